The van der Waals surface area contributed by atoms with Gasteiger partial charge >= 0.3 is 0 Å². The number of para-hydroxylation sites is 1. The molecule has 0 fully saturated rings. The van der Waals surface area contributed by atoms with Gasteiger partial charge in [-0.1, -0.05) is 30.3 Å². The molecule has 0 saturated carbocycles. The fourth-order valence-corrected chi connectivity index (χ4v) is 4.22. The van der Waals surface area contributed by atoms with Gasteiger partial charge in [0.05, 0.1) is 24.0 Å². The van der Waals surface area contributed by atoms with Gasteiger partial charge in [0, 0.05) is 43.5 Å². The van der Waals surface area contributed by atoms with Crippen molar-refractivity contribution >= 4 is 17.7 Å². The highest BCUT2D eigenvalue weighted by Gasteiger charge is 2.18. The minimum atomic E-state index is 0.654. The zero-order valence-electron chi connectivity index (χ0n) is 23.5. The van der Waals surface area contributed by atoms with E-state index in [1.807, 2.05) is 78.4 Å². The van der Waals surface area contributed by atoms with Crippen LogP contribution < -0.4 is 26.1 Å². The van der Waals surface area contributed by atoms with Crippen molar-refractivity contribution in [2.45, 2.75) is 33.7 Å². The number of ether oxygens (including phenoxy) is 1. The Morgan fingerprint density at radius 2 is 1.93 bits per heavy atom. The van der Waals surface area contributed by atoms with Crippen molar-refractivity contribution in [3.8, 4) is 11.8 Å². The van der Waals surface area contributed by atoms with Gasteiger partial charge in [0.15, 0.2) is 0 Å². The Kier molecular flexibility index (Phi) is 14.8. The van der Waals surface area contributed by atoms with Crippen molar-refractivity contribution in [1.29, 1.82) is 5.26 Å². The first-order valence-corrected chi connectivity index (χ1v) is 13.7. The van der Waals surface area contributed by atoms with E-state index in [9.17, 15) is 4.79 Å². The van der Waals surface area contributed by atoms with E-state index in [1.54, 1.807) is 17.4 Å². The lowest BCUT2D eigenvalue weighted by Crippen LogP contribution is -2.40. The second kappa shape index (κ2) is 18.7. The molecule has 40 heavy (non-hydrogen) atoms. The van der Waals surface area contributed by atoms with Crippen molar-refractivity contribution < 1.29 is 9.53 Å². The van der Waals surface area contributed by atoms with E-state index in [4.69, 9.17) is 10.00 Å². The molecule has 0 atom stereocenters. The number of carbonyl (C=O) groups excluding carboxylic acids is 1. The summed E-state index contributed by atoms with van der Waals surface area (Å²) < 4.78 is 5.95. The fraction of sp³-hybridized carbons (Fsp3) is 0.226. The summed E-state index contributed by atoms with van der Waals surface area (Å²) in [6.45, 7) is 7.07. The summed E-state index contributed by atoms with van der Waals surface area (Å²) >= 11 is 1.64. The maximum atomic E-state index is 9.79. The Balaban J connectivity index is 0.000000389. The molecule has 0 bridgehead atoms. The number of rotatable bonds is 9. The number of benzene rings is 1. The van der Waals surface area contributed by atoms with Crippen LogP contribution in [0.2, 0.25) is 0 Å². The number of amides is 1. The summed E-state index contributed by atoms with van der Waals surface area (Å²) in [7, 11) is 1.89. The summed E-state index contributed by atoms with van der Waals surface area (Å²) in [6, 6.07) is 15.5. The highest BCUT2D eigenvalue weighted by Crippen LogP contribution is 2.22. The molecule has 1 aliphatic carbocycles. The van der Waals surface area contributed by atoms with E-state index in [0.29, 0.717) is 13.0 Å². The molecule has 210 valence electrons. The van der Waals surface area contributed by atoms with Crippen LogP contribution in [0.3, 0.4) is 0 Å². The van der Waals surface area contributed by atoms with Crippen LogP contribution in [-0.4, -0.2) is 25.0 Å². The SMILES string of the molecule is CC#N.CN/C=C/N1NCC=C(NC2=CCC=C(Oc3ccccc3)C=C2)C1=C(C)C.O=CNCc1cccs1. The lowest BCUT2D eigenvalue weighted by Gasteiger charge is -2.32. The fourth-order valence-electron chi connectivity index (χ4n) is 3.56. The highest BCUT2D eigenvalue weighted by molar-refractivity contribution is 7.09. The molecule has 1 aliphatic heterocycles. The molecule has 2 heterocycles. The molecule has 0 spiro atoms. The predicted molar refractivity (Wildman–Crippen MR) is 163 cm³/mol. The van der Waals surface area contributed by atoms with Crippen LogP contribution in [0.5, 0.6) is 5.75 Å². The molecule has 1 amide bonds. The second-order valence-electron chi connectivity index (χ2n) is 8.48. The molecule has 1 aromatic carbocycles. The van der Waals surface area contributed by atoms with E-state index in [-0.39, 0.29) is 0 Å². The van der Waals surface area contributed by atoms with E-state index < -0.39 is 0 Å². The summed E-state index contributed by atoms with van der Waals surface area (Å²) in [5, 5.41) is 20.5. The molecular weight excluding hydrogens is 520 g/mol. The number of nitrogens with one attached hydrogen (secondary N) is 4. The average molecular weight is 559 g/mol. The molecule has 9 heteroatoms. The largest absolute Gasteiger partial charge is 0.458 e. The van der Waals surface area contributed by atoms with Crippen LogP contribution in [0.15, 0.2) is 119 Å². The smallest absolute Gasteiger partial charge is 0.207 e. The summed E-state index contributed by atoms with van der Waals surface area (Å²) in [5.74, 6) is 1.69. The number of thiophene rings is 1. The number of hydrazine groups is 1. The van der Waals surface area contributed by atoms with Gasteiger partial charge < -0.3 is 20.7 Å². The maximum absolute atomic E-state index is 9.79. The topological polar surface area (TPSA) is 101 Å². The lowest BCUT2D eigenvalue weighted by molar-refractivity contribution is -0.109. The van der Waals surface area contributed by atoms with Gasteiger partial charge in [-0.15, -0.1) is 11.3 Å². The van der Waals surface area contributed by atoms with Gasteiger partial charge in [-0.3, -0.25) is 9.80 Å². The van der Waals surface area contributed by atoms with Gasteiger partial charge in [0.2, 0.25) is 6.41 Å². The second-order valence-corrected chi connectivity index (χ2v) is 9.51. The van der Waals surface area contributed by atoms with Crippen LogP contribution in [0, 0.1) is 11.3 Å². The lowest BCUT2D eigenvalue weighted by atomic mass is 10.1. The Hall–Kier alpha value is -4.52. The Bertz CT molecular complexity index is 1260. The van der Waals surface area contributed by atoms with Gasteiger partial charge in [-0.25, -0.2) is 5.43 Å². The van der Waals surface area contributed by atoms with Crippen molar-refractivity contribution in [1.82, 2.24) is 26.4 Å². The van der Waals surface area contributed by atoms with Crippen LogP contribution in [0.1, 0.15) is 32.1 Å². The third-order valence-electron chi connectivity index (χ3n) is 5.21. The number of hydrogen-bond acceptors (Lipinski definition) is 8. The van der Waals surface area contributed by atoms with Crippen LogP contribution >= 0.6 is 11.3 Å². The van der Waals surface area contributed by atoms with Crippen LogP contribution in [0.4, 0.5) is 0 Å². The third-order valence-corrected chi connectivity index (χ3v) is 6.09. The Morgan fingerprint density at radius 3 is 2.58 bits per heavy atom. The van der Waals surface area contributed by atoms with E-state index in [0.717, 1.165) is 41.6 Å². The molecule has 4 N–H and O–H groups in total. The predicted octanol–water partition coefficient (Wildman–Crippen LogP) is 5.60. The van der Waals surface area contributed by atoms with Crippen molar-refractivity contribution in [2.24, 2.45) is 0 Å². The van der Waals surface area contributed by atoms with Crippen molar-refractivity contribution in [2.75, 3.05) is 13.6 Å². The van der Waals surface area contributed by atoms with Gasteiger partial charge in [-0.05, 0) is 73.7 Å². The first kappa shape index (κ1) is 31.7. The minimum absolute atomic E-state index is 0.654. The third kappa shape index (κ3) is 11.5. The van der Waals surface area contributed by atoms with E-state index in [1.165, 1.54) is 17.4 Å². The molecule has 0 unspecified atom stereocenters. The van der Waals surface area contributed by atoms with Crippen LogP contribution in [0.25, 0.3) is 0 Å². The summed E-state index contributed by atoms with van der Waals surface area (Å²) in [6.07, 6.45) is 15.9. The maximum Gasteiger partial charge on any atom is 0.207 e. The number of nitriles is 1. The van der Waals surface area contributed by atoms with Gasteiger partial charge in [-0.2, -0.15) is 5.26 Å². The Morgan fingerprint density at radius 1 is 1.15 bits per heavy atom. The normalized spacial score (nSPS) is 14.0. The van der Waals surface area contributed by atoms with Crippen molar-refractivity contribution in [3.63, 3.8) is 0 Å². The molecule has 1 aromatic heterocycles. The molecule has 2 aliphatic rings. The van der Waals surface area contributed by atoms with Crippen LogP contribution in [-0.2, 0) is 11.3 Å². The number of nitrogens with zero attached hydrogens (tertiary/aromatic N) is 2. The summed E-state index contributed by atoms with van der Waals surface area (Å²) in [5.41, 5.74) is 7.83. The number of carbonyl (C=O) groups is 1. The monoisotopic (exact) mass is 558 g/mol. The molecule has 0 saturated heterocycles. The van der Waals surface area contributed by atoms with E-state index >= 15 is 0 Å². The van der Waals surface area contributed by atoms with Gasteiger partial charge in [0.1, 0.15) is 11.5 Å². The number of allylic oxidation sites excluding steroid dienone is 5. The zero-order valence-corrected chi connectivity index (χ0v) is 24.3. The van der Waals surface area contributed by atoms with E-state index in [2.05, 4.69) is 59.5 Å². The number of hydrogen-bond donors (Lipinski definition) is 4. The minimum Gasteiger partial charge on any atom is -0.458 e. The summed E-state index contributed by atoms with van der Waals surface area (Å²) in [4.78, 5) is 11.0. The molecule has 0 radical (unpaired) electrons. The first-order chi connectivity index (χ1) is 19.5. The molecule has 4 rings (SSSR count). The first-order valence-electron chi connectivity index (χ1n) is 12.9. The highest BCUT2D eigenvalue weighted by atomic mass is 32.1. The molecule has 2 aromatic rings. The Labute approximate surface area is 241 Å². The average Bonchev–Trinajstić information content (AvgIpc) is 3.39. The quantitative estimate of drug-likeness (QED) is 0.298. The molecular formula is C31H38N6O2S. The van der Waals surface area contributed by atoms with Gasteiger partial charge in [0.25, 0.3) is 0 Å². The zero-order chi connectivity index (χ0) is 29.0. The standard InChI is InChI=1S/C23H28N4O.C6H7NOS.C2H3N/c1-18(2)23-22(14-15-25-27(23)17-16-24-3)26-19-8-7-11-21(13-12-19)28-20-9-5-4-6-10-20;8-5-7-4-6-2-1-3-9-6;1-2-3/h4-6,8-14,16-17,24-26H,7,15H2,1-3H3;1-3,5H,4H2,(H,7,8);1H3/b17-16+;;. The molecule has 8 nitrogen and oxygen atoms in total. The van der Waals surface area contributed by atoms with Crippen molar-refractivity contribution in [3.05, 3.63) is 124 Å².